The van der Waals surface area contributed by atoms with Crippen LogP contribution in [0, 0.1) is 17.8 Å². The number of rotatable bonds is 2. The van der Waals surface area contributed by atoms with E-state index in [1.807, 2.05) is 0 Å². The van der Waals surface area contributed by atoms with Gasteiger partial charge in [0.15, 0.2) is 0 Å². The Bertz CT molecular complexity index is 125. The molecule has 0 spiro atoms. The predicted octanol–water partition coefficient (Wildman–Crippen LogP) is 0.988. The molecule has 1 rings (SSSR count). The number of hydrogen-bond acceptors (Lipinski definition) is 2. The van der Waals surface area contributed by atoms with Crippen molar-refractivity contribution in [3.63, 3.8) is 0 Å². The van der Waals surface area contributed by atoms with Gasteiger partial charge < -0.3 is 10.8 Å². The van der Waals surface area contributed by atoms with Crippen LogP contribution in [0.3, 0.4) is 0 Å². The standard InChI is InChI=1S/C9H19NO/c1-6(2)9-4-8(10)3-7(9)5-11/h6-9,11H,3-5,10H2,1-2H3/t7-,8-,9-/m0/s1. The minimum atomic E-state index is 0.316. The zero-order valence-electron chi connectivity index (χ0n) is 7.46. The van der Waals surface area contributed by atoms with Crippen molar-refractivity contribution in [2.75, 3.05) is 6.61 Å². The van der Waals surface area contributed by atoms with E-state index in [1.165, 1.54) is 0 Å². The van der Waals surface area contributed by atoms with Gasteiger partial charge in [-0.1, -0.05) is 13.8 Å². The molecule has 0 aromatic rings. The van der Waals surface area contributed by atoms with Crippen molar-refractivity contribution in [1.29, 1.82) is 0 Å². The third-order valence-corrected chi connectivity index (χ3v) is 2.88. The van der Waals surface area contributed by atoms with Gasteiger partial charge in [0.25, 0.3) is 0 Å². The average Bonchev–Trinajstić information content (AvgIpc) is 2.30. The van der Waals surface area contributed by atoms with E-state index in [1.54, 1.807) is 0 Å². The number of nitrogens with two attached hydrogens (primary N) is 1. The van der Waals surface area contributed by atoms with Gasteiger partial charge in [-0.05, 0) is 30.6 Å². The van der Waals surface area contributed by atoms with Gasteiger partial charge in [0.05, 0.1) is 0 Å². The zero-order chi connectivity index (χ0) is 8.43. The summed E-state index contributed by atoms with van der Waals surface area (Å²) in [5, 5.41) is 9.05. The highest BCUT2D eigenvalue weighted by atomic mass is 16.3. The topological polar surface area (TPSA) is 46.2 Å². The minimum Gasteiger partial charge on any atom is -0.396 e. The average molecular weight is 157 g/mol. The molecule has 1 saturated carbocycles. The maximum absolute atomic E-state index is 9.05. The lowest BCUT2D eigenvalue weighted by molar-refractivity contribution is 0.169. The number of hydrogen-bond donors (Lipinski definition) is 2. The van der Waals surface area contributed by atoms with Crippen LogP contribution < -0.4 is 5.73 Å². The van der Waals surface area contributed by atoms with Gasteiger partial charge in [-0.15, -0.1) is 0 Å². The molecular weight excluding hydrogens is 138 g/mol. The van der Waals surface area contributed by atoms with Crippen LogP contribution in [0.4, 0.5) is 0 Å². The van der Waals surface area contributed by atoms with Crippen molar-refractivity contribution >= 4 is 0 Å². The van der Waals surface area contributed by atoms with Crippen molar-refractivity contribution in [2.24, 2.45) is 23.5 Å². The molecule has 1 aliphatic rings. The second-order valence-electron chi connectivity index (χ2n) is 4.08. The molecule has 1 aliphatic carbocycles. The first kappa shape index (κ1) is 9.01. The Morgan fingerprint density at radius 3 is 2.45 bits per heavy atom. The SMILES string of the molecule is CC(C)[C@@H]1C[C@@H](N)C[C@H]1CO. The van der Waals surface area contributed by atoms with Crippen molar-refractivity contribution < 1.29 is 5.11 Å². The fraction of sp³-hybridized carbons (Fsp3) is 1.00. The van der Waals surface area contributed by atoms with Crippen LogP contribution >= 0.6 is 0 Å². The molecule has 0 unspecified atom stereocenters. The molecule has 0 saturated heterocycles. The van der Waals surface area contributed by atoms with Gasteiger partial charge in [0, 0.05) is 12.6 Å². The summed E-state index contributed by atoms with van der Waals surface area (Å²) in [7, 11) is 0. The lowest BCUT2D eigenvalue weighted by atomic mass is 9.87. The Morgan fingerprint density at radius 2 is 2.09 bits per heavy atom. The first-order valence-electron chi connectivity index (χ1n) is 4.51. The molecular formula is C9H19NO. The molecule has 0 aromatic carbocycles. The van der Waals surface area contributed by atoms with Crippen molar-refractivity contribution in [1.82, 2.24) is 0 Å². The summed E-state index contributed by atoms with van der Waals surface area (Å²) in [5.41, 5.74) is 5.82. The maximum atomic E-state index is 9.05. The van der Waals surface area contributed by atoms with Crippen molar-refractivity contribution in [3.8, 4) is 0 Å². The Labute approximate surface area is 68.8 Å². The summed E-state index contributed by atoms with van der Waals surface area (Å²) >= 11 is 0. The van der Waals surface area contributed by atoms with Crippen molar-refractivity contribution in [2.45, 2.75) is 32.7 Å². The lowest BCUT2D eigenvalue weighted by Gasteiger charge is -2.20. The number of aliphatic hydroxyl groups is 1. The van der Waals surface area contributed by atoms with Crippen LogP contribution in [0.2, 0.25) is 0 Å². The molecule has 2 heteroatoms. The second kappa shape index (κ2) is 3.55. The van der Waals surface area contributed by atoms with Gasteiger partial charge in [-0.3, -0.25) is 0 Å². The van der Waals surface area contributed by atoms with Crippen LogP contribution in [0.5, 0.6) is 0 Å². The minimum absolute atomic E-state index is 0.316. The van der Waals surface area contributed by atoms with Crippen molar-refractivity contribution in [3.05, 3.63) is 0 Å². The first-order valence-corrected chi connectivity index (χ1v) is 4.51. The van der Waals surface area contributed by atoms with Gasteiger partial charge >= 0.3 is 0 Å². The smallest absolute Gasteiger partial charge is 0.0462 e. The van der Waals surface area contributed by atoms with E-state index in [-0.39, 0.29) is 0 Å². The summed E-state index contributed by atoms with van der Waals surface area (Å²) in [5.74, 6) is 1.78. The Balaban J connectivity index is 2.50. The third-order valence-electron chi connectivity index (χ3n) is 2.88. The van der Waals surface area contributed by atoms with Crippen LogP contribution in [-0.2, 0) is 0 Å². The van der Waals surface area contributed by atoms with E-state index in [9.17, 15) is 0 Å². The molecule has 3 atom stereocenters. The predicted molar refractivity (Wildman–Crippen MR) is 46.1 cm³/mol. The van der Waals surface area contributed by atoms with Gasteiger partial charge in [0.2, 0.25) is 0 Å². The number of aliphatic hydroxyl groups excluding tert-OH is 1. The fourth-order valence-corrected chi connectivity index (χ4v) is 2.23. The lowest BCUT2D eigenvalue weighted by Crippen LogP contribution is -2.17. The maximum Gasteiger partial charge on any atom is 0.0462 e. The van der Waals surface area contributed by atoms with E-state index in [4.69, 9.17) is 10.8 Å². The van der Waals surface area contributed by atoms with Gasteiger partial charge in [-0.25, -0.2) is 0 Å². The zero-order valence-corrected chi connectivity index (χ0v) is 7.46. The Hall–Kier alpha value is -0.0800. The third kappa shape index (κ3) is 1.94. The van der Waals surface area contributed by atoms with Crippen LogP contribution in [-0.4, -0.2) is 17.8 Å². The normalized spacial score (nSPS) is 38.5. The summed E-state index contributed by atoms with van der Waals surface area (Å²) in [6.07, 6.45) is 2.11. The molecule has 0 heterocycles. The van der Waals surface area contributed by atoms with E-state index < -0.39 is 0 Å². The summed E-state index contributed by atoms with van der Waals surface area (Å²) in [4.78, 5) is 0. The summed E-state index contributed by atoms with van der Waals surface area (Å²) in [6.45, 7) is 4.74. The molecule has 0 aromatic heterocycles. The van der Waals surface area contributed by atoms with E-state index in [0.29, 0.717) is 30.4 Å². The van der Waals surface area contributed by atoms with Crippen LogP contribution in [0.25, 0.3) is 0 Å². The summed E-state index contributed by atoms with van der Waals surface area (Å²) in [6, 6.07) is 0.333. The first-order chi connectivity index (χ1) is 5.15. The Morgan fingerprint density at radius 1 is 1.45 bits per heavy atom. The highest BCUT2D eigenvalue weighted by molar-refractivity contribution is 4.86. The van der Waals surface area contributed by atoms with E-state index >= 15 is 0 Å². The van der Waals surface area contributed by atoms with Gasteiger partial charge in [0.1, 0.15) is 0 Å². The molecule has 1 fully saturated rings. The van der Waals surface area contributed by atoms with E-state index in [2.05, 4.69) is 13.8 Å². The molecule has 0 aliphatic heterocycles. The molecule has 2 nitrogen and oxygen atoms in total. The second-order valence-corrected chi connectivity index (χ2v) is 4.08. The highest BCUT2D eigenvalue weighted by Gasteiger charge is 2.33. The van der Waals surface area contributed by atoms with E-state index in [0.717, 1.165) is 12.8 Å². The highest BCUT2D eigenvalue weighted by Crippen LogP contribution is 2.35. The largest absolute Gasteiger partial charge is 0.396 e. The van der Waals surface area contributed by atoms with Gasteiger partial charge in [-0.2, -0.15) is 0 Å². The molecule has 66 valence electrons. The van der Waals surface area contributed by atoms with Crippen LogP contribution in [0.1, 0.15) is 26.7 Å². The molecule has 11 heavy (non-hydrogen) atoms. The molecule has 3 N–H and O–H groups in total. The fourth-order valence-electron chi connectivity index (χ4n) is 2.23. The molecule has 0 radical (unpaired) electrons. The quantitative estimate of drug-likeness (QED) is 0.628. The molecule has 0 bridgehead atoms. The Kier molecular flexibility index (Phi) is 2.90. The van der Waals surface area contributed by atoms with Crippen LogP contribution in [0.15, 0.2) is 0 Å². The summed E-state index contributed by atoms with van der Waals surface area (Å²) < 4.78 is 0. The monoisotopic (exact) mass is 157 g/mol. The molecule has 0 amide bonds.